The third-order valence-corrected chi connectivity index (χ3v) is 5.03. The Labute approximate surface area is 191 Å². The van der Waals surface area contributed by atoms with Gasteiger partial charge in [0, 0.05) is 23.9 Å². The molecule has 0 aliphatic rings. The minimum atomic E-state index is -0.282. The van der Waals surface area contributed by atoms with Crippen molar-refractivity contribution in [3.63, 3.8) is 0 Å². The van der Waals surface area contributed by atoms with Gasteiger partial charge in [0.15, 0.2) is 11.5 Å². The van der Waals surface area contributed by atoms with Crippen molar-refractivity contribution >= 4 is 40.7 Å². The Balaban J connectivity index is 1.88. The molecule has 0 heterocycles. The number of carbonyl (C=O) groups excluding carboxylic acids is 2. The van der Waals surface area contributed by atoms with Gasteiger partial charge in [-0.1, -0.05) is 23.2 Å². The van der Waals surface area contributed by atoms with E-state index in [1.54, 1.807) is 42.3 Å². The Morgan fingerprint density at radius 2 is 1.48 bits per heavy atom. The zero-order valence-electron chi connectivity index (χ0n) is 17.8. The molecule has 0 aliphatic carbocycles. The summed E-state index contributed by atoms with van der Waals surface area (Å²) in [6.07, 6.45) is 0. The first-order valence-electron chi connectivity index (χ1n) is 9.26. The van der Waals surface area contributed by atoms with Crippen molar-refractivity contribution in [2.75, 3.05) is 46.8 Å². The van der Waals surface area contributed by atoms with Crippen LogP contribution in [-0.2, 0) is 16.1 Å². The molecule has 31 heavy (non-hydrogen) atoms. The first kappa shape index (κ1) is 24.6. The molecule has 0 fully saturated rings. The number of ether oxygens (including phenoxy) is 3. The predicted octanol–water partition coefficient (Wildman–Crippen LogP) is 3.21. The standard InChI is InChI=1S/C21H25Cl2N3O5/c1-26(12-21(28)25-14-5-6-15(22)16(23)8-14)11-20(27)24-10-13-7-18(30-3)19(31-4)9-17(13)29-2/h5-9H,10-12H2,1-4H3,(H,24,27)(H,25,28). The minimum absolute atomic E-state index is 0.0212. The molecular weight excluding hydrogens is 445 g/mol. The molecular formula is C21H25Cl2N3O5. The fourth-order valence-corrected chi connectivity index (χ4v) is 3.10. The van der Waals surface area contributed by atoms with Gasteiger partial charge in [0.2, 0.25) is 11.8 Å². The third-order valence-electron chi connectivity index (χ3n) is 4.29. The maximum Gasteiger partial charge on any atom is 0.238 e. The topological polar surface area (TPSA) is 89.1 Å². The van der Waals surface area contributed by atoms with Crippen LogP contribution < -0.4 is 24.8 Å². The highest BCUT2D eigenvalue weighted by molar-refractivity contribution is 6.42. The van der Waals surface area contributed by atoms with Crippen molar-refractivity contribution in [3.05, 3.63) is 45.9 Å². The minimum Gasteiger partial charge on any atom is -0.496 e. The van der Waals surface area contributed by atoms with Crippen LogP contribution in [0.1, 0.15) is 5.56 Å². The summed E-state index contributed by atoms with van der Waals surface area (Å²) < 4.78 is 15.9. The number of halogens is 2. The van der Waals surface area contributed by atoms with Gasteiger partial charge >= 0.3 is 0 Å². The van der Waals surface area contributed by atoms with Gasteiger partial charge < -0.3 is 24.8 Å². The van der Waals surface area contributed by atoms with Gasteiger partial charge in [-0.25, -0.2) is 0 Å². The molecule has 2 N–H and O–H groups in total. The Kier molecular flexibility index (Phi) is 9.23. The number of rotatable bonds is 10. The van der Waals surface area contributed by atoms with E-state index >= 15 is 0 Å². The van der Waals surface area contributed by atoms with Crippen LogP contribution in [0.25, 0.3) is 0 Å². The Bertz CT molecular complexity index is 939. The second-order valence-corrected chi connectivity index (χ2v) is 7.46. The SMILES string of the molecule is COc1cc(OC)c(OC)cc1CNC(=O)CN(C)CC(=O)Nc1ccc(Cl)c(Cl)c1. The average Bonchev–Trinajstić information content (AvgIpc) is 2.73. The molecule has 0 radical (unpaired) electrons. The Morgan fingerprint density at radius 1 is 0.871 bits per heavy atom. The number of amides is 2. The van der Waals surface area contributed by atoms with Gasteiger partial charge in [-0.15, -0.1) is 0 Å². The summed E-state index contributed by atoms with van der Waals surface area (Å²) in [6, 6.07) is 8.24. The zero-order chi connectivity index (χ0) is 23.0. The van der Waals surface area contributed by atoms with Crippen molar-refractivity contribution in [1.29, 1.82) is 0 Å². The third kappa shape index (κ3) is 7.20. The number of methoxy groups -OCH3 is 3. The summed E-state index contributed by atoms with van der Waals surface area (Å²) in [5, 5.41) is 6.27. The van der Waals surface area contributed by atoms with Crippen LogP contribution in [0.15, 0.2) is 30.3 Å². The van der Waals surface area contributed by atoms with Crippen LogP contribution in [0, 0.1) is 0 Å². The normalized spacial score (nSPS) is 10.5. The number of anilines is 1. The summed E-state index contributed by atoms with van der Waals surface area (Å²) in [7, 11) is 6.27. The first-order chi connectivity index (χ1) is 14.8. The van der Waals surface area contributed by atoms with E-state index in [4.69, 9.17) is 37.4 Å². The lowest BCUT2D eigenvalue weighted by Gasteiger charge is -2.17. The van der Waals surface area contributed by atoms with Gasteiger partial charge in [-0.3, -0.25) is 14.5 Å². The quantitative estimate of drug-likeness (QED) is 0.555. The van der Waals surface area contributed by atoms with Gasteiger partial charge in [0.1, 0.15) is 5.75 Å². The predicted molar refractivity (Wildman–Crippen MR) is 121 cm³/mol. The highest BCUT2D eigenvalue weighted by Crippen LogP contribution is 2.34. The van der Waals surface area contributed by atoms with Crippen LogP contribution >= 0.6 is 23.2 Å². The molecule has 0 saturated heterocycles. The number of carbonyl (C=O) groups is 2. The first-order valence-corrected chi connectivity index (χ1v) is 10.0. The van der Waals surface area contributed by atoms with Crippen LogP contribution in [0.4, 0.5) is 5.69 Å². The largest absolute Gasteiger partial charge is 0.496 e. The van der Waals surface area contributed by atoms with Crippen molar-refractivity contribution < 1.29 is 23.8 Å². The lowest BCUT2D eigenvalue weighted by atomic mass is 10.1. The second-order valence-electron chi connectivity index (χ2n) is 6.65. The van der Waals surface area contributed by atoms with E-state index in [9.17, 15) is 9.59 Å². The fourth-order valence-electron chi connectivity index (χ4n) is 2.80. The van der Waals surface area contributed by atoms with E-state index in [1.807, 2.05) is 0 Å². The van der Waals surface area contributed by atoms with Gasteiger partial charge in [0.05, 0.1) is 44.5 Å². The van der Waals surface area contributed by atoms with E-state index in [0.717, 1.165) is 5.56 Å². The van der Waals surface area contributed by atoms with Crippen LogP contribution in [0.5, 0.6) is 17.2 Å². The summed E-state index contributed by atoms with van der Waals surface area (Å²) in [5.74, 6) is 1.09. The lowest BCUT2D eigenvalue weighted by Crippen LogP contribution is -2.38. The van der Waals surface area contributed by atoms with E-state index in [0.29, 0.717) is 33.0 Å². The Hall–Kier alpha value is -2.68. The van der Waals surface area contributed by atoms with Crippen LogP contribution in [0.3, 0.4) is 0 Å². The van der Waals surface area contributed by atoms with Crippen molar-refractivity contribution in [1.82, 2.24) is 10.2 Å². The highest BCUT2D eigenvalue weighted by Gasteiger charge is 2.15. The fraction of sp³-hybridized carbons (Fsp3) is 0.333. The summed E-state index contributed by atoms with van der Waals surface area (Å²) in [4.78, 5) is 26.1. The lowest BCUT2D eigenvalue weighted by molar-refractivity contribution is -0.123. The van der Waals surface area contributed by atoms with Crippen LogP contribution in [0.2, 0.25) is 10.0 Å². The maximum absolute atomic E-state index is 12.3. The van der Waals surface area contributed by atoms with Gasteiger partial charge in [-0.2, -0.15) is 0 Å². The molecule has 2 aromatic rings. The molecule has 2 amide bonds. The molecule has 0 spiro atoms. The van der Waals surface area contributed by atoms with E-state index in [-0.39, 0.29) is 31.4 Å². The molecule has 8 nitrogen and oxygen atoms in total. The number of benzene rings is 2. The molecule has 2 rings (SSSR count). The summed E-state index contributed by atoms with van der Waals surface area (Å²) in [5.41, 5.74) is 1.26. The number of likely N-dealkylation sites (N-methyl/N-ethyl adjacent to an activating group) is 1. The molecule has 0 atom stereocenters. The van der Waals surface area contributed by atoms with Gasteiger partial charge in [0.25, 0.3) is 0 Å². The number of nitrogens with one attached hydrogen (secondary N) is 2. The van der Waals surface area contributed by atoms with Crippen molar-refractivity contribution in [3.8, 4) is 17.2 Å². The van der Waals surface area contributed by atoms with E-state index in [1.165, 1.54) is 21.3 Å². The van der Waals surface area contributed by atoms with Gasteiger partial charge in [-0.05, 0) is 31.3 Å². The molecule has 10 heteroatoms. The van der Waals surface area contributed by atoms with E-state index < -0.39 is 0 Å². The van der Waals surface area contributed by atoms with Crippen molar-refractivity contribution in [2.45, 2.75) is 6.54 Å². The molecule has 0 aromatic heterocycles. The number of nitrogens with zero attached hydrogens (tertiary/aromatic N) is 1. The molecule has 168 valence electrons. The van der Waals surface area contributed by atoms with Crippen LogP contribution in [-0.4, -0.2) is 58.2 Å². The molecule has 0 bridgehead atoms. The number of hydrogen-bond donors (Lipinski definition) is 2. The Morgan fingerprint density at radius 3 is 2.10 bits per heavy atom. The highest BCUT2D eigenvalue weighted by atomic mass is 35.5. The smallest absolute Gasteiger partial charge is 0.238 e. The molecule has 0 saturated carbocycles. The zero-order valence-corrected chi connectivity index (χ0v) is 19.3. The molecule has 0 unspecified atom stereocenters. The molecule has 0 aliphatic heterocycles. The van der Waals surface area contributed by atoms with Crippen molar-refractivity contribution in [2.24, 2.45) is 0 Å². The maximum atomic E-state index is 12.3. The summed E-state index contributed by atoms with van der Waals surface area (Å²) in [6.45, 7) is 0.281. The molecule has 2 aromatic carbocycles. The summed E-state index contributed by atoms with van der Waals surface area (Å²) >= 11 is 11.8. The average molecular weight is 470 g/mol. The number of hydrogen-bond acceptors (Lipinski definition) is 6. The van der Waals surface area contributed by atoms with E-state index in [2.05, 4.69) is 10.6 Å². The monoisotopic (exact) mass is 469 g/mol. The second kappa shape index (κ2) is 11.6.